The summed E-state index contributed by atoms with van der Waals surface area (Å²) in [6, 6.07) is 6.09. The van der Waals surface area contributed by atoms with Crippen LogP contribution in [0.3, 0.4) is 0 Å². The summed E-state index contributed by atoms with van der Waals surface area (Å²) >= 11 is 3.52. The van der Waals surface area contributed by atoms with Gasteiger partial charge in [0.05, 0.1) is 4.47 Å². The fourth-order valence-electron chi connectivity index (χ4n) is 1.93. The molecule has 2 aromatic rings. The van der Waals surface area contributed by atoms with Gasteiger partial charge in [-0.1, -0.05) is 31.1 Å². The molecule has 0 saturated carbocycles. The van der Waals surface area contributed by atoms with E-state index in [9.17, 15) is 0 Å². The van der Waals surface area contributed by atoms with E-state index in [1.807, 2.05) is 25.1 Å². The minimum Gasteiger partial charge on any atom is -0.484 e. The maximum absolute atomic E-state index is 6.04. The van der Waals surface area contributed by atoms with Crippen LogP contribution in [-0.2, 0) is 19.4 Å². The number of rotatable bonds is 7. The molecule has 1 heterocycles. The molecule has 0 spiro atoms. The molecule has 5 nitrogen and oxygen atoms in total. The van der Waals surface area contributed by atoms with Gasteiger partial charge in [0.1, 0.15) is 5.75 Å². The molecule has 0 bridgehead atoms. The zero-order valence-corrected chi connectivity index (χ0v) is 13.9. The zero-order valence-electron chi connectivity index (χ0n) is 12.3. The van der Waals surface area contributed by atoms with E-state index < -0.39 is 0 Å². The van der Waals surface area contributed by atoms with Crippen LogP contribution in [0, 0.1) is 0 Å². The van der Waals surface area contributed by atoms with Gasteiger partial charge in [-0.25, -0.2) is 0 Å². The molecule has 1 unspecified atom stereocenters. The number of ether oxygens (including phenoxy) is 1. The Labute approximate surface area is 133 Å². The largest absolute Gasteiger partial charge is 0.484 e. The summed E-state index contributed by atoms with van der Waals surface area (Å²) in [4.78, 5) is 4.24. The van der Waals surface area contributed by atoms with Gasteiger partial charge >= 0.3 is 0 Å². The van der Waals surface area contributed by atoms with Gasteiger partial charge in [0, 0.05) is 12.5 Å². The summed E-state index contributed by atoms with van der Waals surface area (Å²) in [6.45, 7) is 4.32. The number of aryl methyl sites for hydroxylation is 1. The van der Waals surface area contributed by atoms with Gasteiger partial charge < -0.3 is 15.0 Å². The van der Waals surface area contributed by atoms with E-state index in [1.165, 1.54) is 0 Å². The highest BCUT2D eigenvalue weighted by atomic mass is 79.9. The Morgan fingerprint density at radius 2 is 2.19 bits per heavy atom. The smallest absolute Gasteiger partial charge is 0.226 e. The monoisotopic (exact) mass is 353 g/mol. The molecule has 0 amide bonds. The first-order chi connectivity index (χ1) is 10.1. The van der Waals surface area contributed by atoms with Gasteiger partial charge in [-0.15, -0.1) is 0 Å². The predicted octanol–water partition coefficient (Wildman–Crippen LogP) is 3.25. The summed E-state index contributed by atoms with van der Waals surface area (Å²) in [5.74, 6) is 1.96. The standard InChI is InChI=1S/C15H20BrN3O2/c1-3-11(17)8-10-6-5-7-12(16)15(10)20-9-13-18-14(4-2)21-19-13/h5-7,11H,3-4,8-9,17H2,1-2H3. The molecule has 0 saturated heterocycles. The highest BCUT2D eigenvalue weighted by molar-refractivity contribution is 9.10. The number of para-hydroxylation sites is 1. The van der Waals surface area contributed by atoms with E-state index in [4.69, 9.17) is 15.0 Å². The highest BCUT2D eigenvalue weighted by Crippen LogP contribution is 2.30. The van der Waals surface area contributed by atoms with Crippen LogP contribution in [0.5, 0.6) is 5.75 Å². The highest BCUT2D eigenvalue weighted by Gasteiger charge is 2.13. The average Bonchev–Trinajstić information content (AvgIpc) is 2.94. The first-order valence-electron chi connectivity index (χ1n) is 7.11. The second kappa shape index (κ2) is 7.56. The third-order valence-electron chi connectivity index (χ3n) is 3.21. The van der Waals surface area contributed by atoms with Gasteiger partial charge in [0.15, 0.2) is 6.61 Å². The molecular formula is C15H20BrN3O2. The molecular weight excluding hydrogens is 334 g/mol. The van der Waals surface area contributed by atoms with Gasteiger partial charge in [-0.2, -0.15) is 4.98 Å². The fourth-order valence-corrected chi connectivity index (χ4v) is 2.45. The quantitative estimate of drug-likeness (QED) is 0.826. The van der Waals surface area contributed by atoms with E-state index in [-0.39, 0.29) is 12.6 Å². The Kier molecular flexibility index (Phi) is 5.76. The van der Waals surface area contributed by atoms with Crippen LogP contribution in [0.15, 0.2) is 27.2 Å². The van der Waals surface area contributed by atoms with Gasteiger partial charge in [0.2, 0.25) is 11.7 Å². The summed E-state index contributed by atoms with van der Waals surface area (Å²) < 4.78 is 11.8. The van der Waals surface area contributed by atoms with Gasteiger partial charge in [-0.3, -0.25) is 0 Å². The Bertz CT molecular complexity index is 586. The molecule has 1 aromatic heterocycles. The number of halogens is 1. The third kappa shape index (κ3) is 4.28. The number of benzene rings is 1. The van der Waals surface area contributed by atoms with E-state index in [0.717, 1.165) is 35.0 Å². The molecule has 114 valence electrons. The van der Waals surface area contributed by atoms with Crippen molar-refractivity contribution in [2.45, 2.75) is 45.8 Å². The molecule has 0 fully saturated rings. The van der Waals surface area contributed by atoms with Crippen LogP contribution in [-0.4, -0.2) is 16.2 Å². The molecule has 0 aliphatic carbocycles. The zero-order chi connectivity index (χ0) is 15.2. The van der Waals surface area contributed by atoms with Crippen LogP contribution in [0.2, 0.25) is 0 Å². The molecule has 0 aliphatic heterocycles. The molecule has 1 atom stereocenters. The van der Waals surface area contributed by atoms with Crippen LogP contribution >= 0.6 is 15.9 Å². The van der Waals surface area contributed by atoms with Crippen molar-refractivity contribution in [1.29, 1.82) is 0 Å². The number of hydrogen-bond donors (Lipinski definition) is 1. The summed E-state index contributed by atoms with van der Waals surface area (Å²) in [6.07, 6.45) is 2.42. The first-order valence-corrected chi connectivity index (χ1v) is 7.90. The van der Waals surface area contributed by atoms with Crippen molar-refractivity contribution in [2.75, 3.05) is 0 Å². The molecule has 0 aliphatic rings. The average molecular weight is 354 g/mol. The normalized spacial score (nSPS) is 12.4. The topological polar surface area (TPSA) is 74.2 Å². The van der Waals surface area contributed by atoms with Crippen molar-refractivity contribution < 1.29 is 9.26 Å². The van der Waals surface area contributed by atoms with Crippen molar-refractivity contribution in [3.63, 3.8) is 0 Å². The van der Waals surface area contributed by atoms with Gasteiger partial charge in [-0.05, 0) is 40.4 Å². The molecule has 6 heteroatoms. The van der Waals surface area contributed by atoms with E-state index in [2.05, 4.69) is 33.0 Å². The molecule has 0 radical (unpaired) electrons. The summed E-state index contributed by atoms with van der Waals surface area (Å²) in [5.41, 5.74) is 7.12. The lowest BCUT2D eigenvalue weighted by molar-refractivity contribution is 0.280. The second-order valence-electron chi connectivity index (χ2n) is 4.85. The van der Waals surface area contributed by atoms with E-state index in [1.54, 1.807) is 0 Å². The van der Waals surface area contributed by atoms with Crippen LogP contribution in [0.4, 0.5) is 0 Å². The van der Waals surface area contributed by atoms with Crippen molar-refractivity contribution >= 4 is 15.9 Å². The second-order valence-corrected chi connectivity index (χ2v) is 5.70. The van der Waals surface area contributed by atoms with Crippen molar-refractivity contribution in [1.82, 2.24) is 10.1 Å². The Hall–Kier alpha value is -1.40. The van der Waals surface area contributed by atoms with Gasteiger partial charge in [0.25, 0.3) is 0 Å². The third-order valence-corrected chi connectivity index (χ3v) is 3.84. The van der Waals surface area contributed by atoms with Crippen molar-refractivity contribution in [3.8, 4) is 5.75 Å². The Morgan fingerprint density at radius 3 is 2.86 bits per heavy atom. The van der Waals surface area contributed by atoms with E-state index >= 15 is 0 Å². The summed E-state index contributed by atoms with van der Waals surface area (Å²) in [7, 11) is 0. The lowest BCUT2D eigenvalue weighted by Crippen LogP contribution is -2.21. The molecule has 21 heavy (non-hydrogen) atoms. The first kappa shape index (κ1) is 16.0. The van der Waals surface area contributed by atoms with Crippen LogP contribution in [0.1, 0.15) is 37.5 Å². The maximum atomic E-state index is 6.04. The Morgan fingerprint density at radius 1 is 1.38 bits per heavy atom. The van der Waals surface area contributed by atoms with E-state index in [0.29, 0.717) is 11.7 Å². The number of nitrogens with zero attached hydrogens (tertiary/aromatic N) is 2. The summed E-state index contributed by atoms with van der Waals surface area (Å²) in [5, 5.41) is 3.89. The Balaban J connectivity index is 2.10. The van der Waals surface area contributed by atoms with Crippen LogP contribution in [0.25, 0.3) is 0 Å². The molecule has 2 N–H and O–H groups in total. The SMILES string of the molecule is CCc1nc(COc2c(Br)cccc2CC(N)CC)no1. The van der Waals surface area contributed by atoms with Crippen molar-refractivity contribution in [2.24, 2.45) is 5.73 Å². The van der Waals surface area contributed by atoms with Crippen molar-refractivity contribution in [3.05, 3.63) is 40.0 Å². The fraction of sp³-hybridized carbons (Fsp3) is 0.467. The lowest BCUT2D eigenvalue weighted by atomic mass is 10.0. The minimum absolute atomic E-state index is 0.124. The van der Waals surface area contributed by atoms with Crippen LogP contribution < -0.4 is 10.5 Å². The predicted molar refractivity (Wildman–Crippen MR) is 84.1 cm³/mol. The maximum Gasteiger partial charge on any atom is 0.226 e. The molecule has 1 aromatic carbocycles. The molecule has 2 rings (SSSR count). The number of hydrogen-bond acceptors (Lipinski definition) is 5. The number of nitrogens with two attached hydrogens (primary N) is 1. The number of aromatic nitrogens is 2. The minimum atomic E-state index is 0.124. The lowest BCUT2D eigenvalue weighted by Gasteiger charge is -2.15.